The first-order valence-corrected chi connectivity index (χ1v) is 29.3. The van der Waals surface area contributed by atoms with Gasteiger partial charge in [0.15, 0.2) is 0 Å². The van der Waals surface area contributed by atoms with Crippen LogP contribution >= 0.6 is 7.26 Å². The summed E-state index contributed by atoms with van der Waals surface area (Å²) in [5.74, 6) is -0.591. The van der Waals surface area contributed by atoms with Crippen LogP contribution < -0.4 is 37.2 Å². The minimum absolute atomic E-state index is 0.0544. The molecule has 4 N–H and O–H groups in total. The molecule has 0 atom stereocenters. The van der Waals surface area contributed by atoms with Crippen LogP contribution in [0.3, 0.4) is 0 Å². The summed E-state index contributed by atoms with van der Waals surface area (Å²) < 4.78 is 0. The van der Waals surface area contributed by atoms with E-state index in [1.165, 1.54) is 49.3 Å². The maximum Gasteiger partial charge on any atom is 0.220 e. The van der Waals surface area contributed by atoms with Crippen molar-refractivity contribution < 1.29 is 19.2 Å². The van der Waals surface area contributed by atoms with E-state index in [0.29, 0.717) is 51.4 Å². The number of carbonyl (C=O) groups is 4. The molecular weight excluding hydrogens is 932 g/mol. The van der Waals surface area contributed by atoms with E-state index in [1.54, 1.807) is 0 Å². The number of unbranched alkanes of at least 4 members (excludes halogenated alkanes) is 6. The average Bonchev–Trinajstić information content (AvgIpc) is 3.42. The first kappa shape index (κ1) is 56.9. The van der Waals surface area contributed by atoms with Gasteiger partial charge in [-0.2, -0.15) is 0 Å². The van der Waals surface area contributed by atoms with Gasteiger partial charge in [0.25, 0.3) is 0 Å². The van der Waals surface area contributed by atoms with Crippen LogP contribution in [0.4, 0.5) is 0 Å². The van der Waals surface area contributed by atoms with Gasteiger partial charge < -0.3 is 21.3 Å². The van der Waals surface area contributed by atoms with Crippen LogP contribution in [0.1, 0.15) is 123 Å². The third-order valence-electron chi connectivity index (χ3n) is 14.2. The fraction of sp³-hybridized carbons (Fsp3) is 0.385. The molecule has 74 heavy (non-hydrogen) atoms. The second kappa shape index (κ2) is 30.7. The number of hydrogen-bond donors (Lipinski definition) is 4. The normalized spacial score (nSPS) is 11.4. The molecule has 0 aliphatic carbocycles. The largest absolute Gasteiger partial charge is 0.354 e. The third-order valence-corrected chi connectivity index (χ3v) is 18.8. The number of nitrogens with one attached hydrogen (secondary N) is 4. The Kier molecular flexibility index (Phi) is 23.6. The molecule has 0 spiro atoms. The molecule has 4 amide bonds. The molecule has 0 aromatic heterocycles. The lowest BCUT2D eigenvalue weighted by molar-refractivity contribution is -0.126. The average molecular weight is 1010 g/mol. The second-order valence-corrected chi connectivity index (χ2v) is 24.1. The fourth-order valence-corrected chi connectivity index (χ4v) is 14.1. The van der Waals surface area contributed by atoms with Gasteiger partial charge in [-0.3, -0.25) is 19.2 Å². The lowest BCUT2D eigenvalue weighted by atomic mass is 9.97. The summed E-state index contributed by atoms with van der Waals surface area (Å²) in [7, 11) is -1.90. The number of benzene rings is 6. The molecule has 0 unspecified atom stereocenters. The van der Waals surface area contributed by atoms with Crippen molar-refractivity contribution in [2.75, 3.05) is 25.8 Å². The summed E-state index contributed by atoms with van der Waals surface area (Å²) in [5, 5.41) is 16.8. The first-order valence-electron chi connectivity index (χ1n) is 27.3. The van der Waals surface area contributed by atoms with Crippen LogP contribution in [0, 0.1) is 20.8 Å². The van der Waals surface area contributed by atoms with Crippen molar-refractivity contribution in [1.82, 2.24) is 21.3 Å². The van der Waals surface area contributed by atoms with Gasteiger partial charge in [-0.05, 0) is 132 Å². The Morgan fingerprint density at radius 3 is 0.986 bits per heavy atom. The molecule has 0 heterocycles. The SMILES string of the molecule is Cc1ccc([P+](CCCCCCCCCC(=O)NC(CNC(=O)CCCc2ccccc2)(CNC(=O)CCCc2ccccc2)CNC(=O)CCCc2ccccc2)(c2ccc(C)cc2)c2ccc(C)cc2)cc1. The van der Waals surface area contributed by atoms with Gasteiger partial charge in [0.05, 0.1) is 11.7 Å². The van der Waals surface area contributed by atoms with E-state index >= 15 is 0 Å². The highest BCUT2D eigenvalue weighted by Gasteiger charge is 2.44. The number of hydrogen-bond acceptors (Lipinski definition) is 4. The molecule has 0 aliphatic heterocycles. The van der Waals surface area contributed by atoms with E-state index < -0.39 is 12.8 Å². The van der Waals surface area contributed by atoms with Gasteiger partial charge in [-0.25, -0.2) is 0 Å². The molecule has 0 aliphatic rings. The van der Waals surface area contributed by atoms with Crippen LogP contribution in [0.25, 0.3) is 0 Å². The van der Waals surface area contributed by atoms with Gasteiger partial charge in [-0.15, -0.1) is 0 Å². The van der Waals surface area contributed by atoms with Crippen molar-refractivity contribution in [3.8, 4) is 0 Å². The minimum atomic E-state index is -1.90. The Bertz CT molecular complexity index is 2330. The van der Waals surface area contributed by atoms with Crippen molar-refractivity contribution in [3.05, 3.63) is 197 Å². The molecule has 390 valence electrons. The molecular formula is C65H82N4O4P+. The van der Waals surface area contributed by atoms with Crippen molar-refractivity contribution in [2.24, 2.45) is 0 Å². The fourth-order valence-electron chi connectivity index (χ4n) is 9.79. The third kappa shape index (κ3) is 19.2. The van der Waals surface area contributed by atoms with Gasteiger partial charge >= 0.3 is 0 Å². The molecule has 0 bridgehead atoms. The summed E-state index contributed by atoms with van der Waals surface area (Å²) in [6.45, 7) is 6.65. The maximum atomic E-state index is 14.0. The predicted octanol–water partition coefficient (Wildman–Crippen LogP) is 11.3. The lowest BCUT2D eigenvalue weighted by Gasteiger charge is -2.35. The Labute approximate surface area is 443 Å². The van der Waals surface area contributed by atoms with Crippen molar-refractivity contribution in [3.63, 3.8) is 0 Å². The number of amides is 4. The molecule has 8 nitrogen and oxygen atoms in total. The van der Waals surface area contributed by atoms with Gasteiger partial charge in [0.1, 0.15) is 23.2 Å². The van der Waals surface area contributed by atoms with E-state index in [9.17, 15) is 19.2 Å². The quantitative estimate of drug-likeness (QED) is 0.0249. The molecule has 0 saturated carbocycles. The molecule has 6 aromatic carbocycles. The first-order chi connectivity index (χ1) is 36.0. The Morgan fingerprint density at radius 2 is 0.649 bits per heavy atom. The maximum absolute atomic E-state index is 14.0. The summed E-state index contributed by atoms with van der Waals surface area (Å²) >= 11 is 0. The number of rotatable bonds is 32. The highest BCUT2D eigenvalue weighted by molar-refractivity contribution is 7.95. The van der Waals surface area contributed by atoms with Crippen LogP contribution in [-0.4, -0.2) is 55.0 Å². The molecule has 6 rings (SSSR count). The Hall–Kier alpha value is -6.37. The van der Waals surface area contributed by atoms with Crippen LogP contribution in [0.5, 0.6) is 0 Å². The topological polar surface area (TPSA) is 116 Å². The van der Waals surface area contributed by atoms with Gasteiger partial charge in [-0.1, -0.05) is 170 Å². The van der Waals surface area contributed by atoms with E-state index in [0.717, 1.165) is 63.9 Å². The van der Waals surface area contributed by atoms with Crippen molar-refractivity contribution in [2.45, 2.75) is 135 Å². The van der Waals surface area contributed by atoms with Gasteiger partial charge in [0, 0.05) is 45.3 Å². The summed E-state index contributed by atoms with van der Waals surface area (Å²) in [6.07, 6.45) is 13.8. The second-order valence-electron chi connectivity index (χ2n) is 20.4. The van der Waals surface area contributed by atoms with Gasteiger partial charge in [0.2, 0.25) is 23.6 Å². The standard InChI is InChI=1S/C65H81N4O4P/c1-52-36-42-58(43-37-52)74(59-44-38-53(2)39-45-59,60-46-40-54(3)41-47-60)48-19-8-6-4-5-7-18-32-64(73)69-65(49-66-61(70)33-20-29-55-23-12-9-13-24-55,50-67-62(71)34-21-30-56-25-14-10-15-26-56)51-68-63(72)35-22-31-57-27-16-11-17-28-57/h9-17,23-28,36-47H,4-8,18-22,29-35,48-51H2,1-3H3,(H3-,66,67,68,69,70,71,72,73)/p+1. The monoisotopic (exact) mass is 1010 g/mol. The lowest BCUT2D eigenvalue weighted by Crippen LogP contribution is -2.66. The summed E-state index contributed by atoms with van der Waals surface area (Å²) in [4.78, 5) is 54.2. The van der Waals surface area contributed by atoms with Crippen molar-refractivity contribution >= 4 is 46.8 Å². The molecule has 0 radical (unpaired) electrons. The predicted molar refractivity (Wildman–Crippen MR) is 309 cm³/mol. The van der Waals surface area contributed by atoms with E-state index in [2.05, 4.69) is 151 Å². The highest BCUT2D eigenvalue weighted by Crippen LogP contribution is 2.56. The molecule has 0 saturated heterocycles. The van der Waals surface area contributed by atoms with Crippen LogP contribution in [-0.2, 0) is 38.4 Å². The van der Waals surface area contributed by atoms with Crippen LogP contribution in [0.15, 0.2) is 164 Å². The molecule has 0 fully saturated rings. The van der Waals surface area contributed by atoms with E-state index in [1.807, 2.05) is 54.6 Å². The minimum Gasteiger partial charge on any atom is -0.354 e. The number of aryl methyl sites for hydroxylation is 6. The Morgan fingerprint density at radius 1 is 0.351 bits per heavy atom. The molecule has 6 aromatic rings. The van der Waals surface area contributed by atoms with Crippen LogP contribution in [0.2, 0.25) is 0 Å². The number of carbonyl (C=O) groups excluding carboxylic acids is 4. The zero-order valence-corrected chi connectivity index (χ0v) is 45.4. The Balaban J connectivity index is 1.05. The zero-order chi connectivity index (χ0) is 52.3. The smallest absolute Gasteiger partial charge is 0.220 e. The van der Waals surface area contributed by atoms with E-state index in [4.69, 9.17) is 0 Å². The summed E-state index contributed by atoms with van der Waals surface area (Å²) in [5.41, 5.74) is 6.17. The van der Waals surface area contributed by atoms with E-state index in [-0.39, 0.29) is 43.3 Å². The summed E-state index contributed by atoms with van der Waals surface area (Å²) in [6, 6.07) is 58.0. The highest BCUT2D eigenvalue weighted by atomic mass is 31.2. The molecule has 9 heteroatoms. The zero-order valence-electron chi connectivity index (χ0n) is 44.5. The van der Waals surface area contributed by atoms with Crippen molar-refractivity contribution in [1.29, 1.82) is 0 Å².